The summed E-state index contributed by atoms with van der Waals surface area (Å²) in [6.45, 7) is 9.48. The first-order chi connectivity index (χ1) is 13.6. The van der Waals surface area contributed by atoms with Gasteiger partial charge >= 0.3 is 0 Å². The molecule has 6 heteroatoms. The maximum atomic E-state index is 6.16. The maximum Gasteiger partial charge on any atom is 0.194 e. The standard InChI is InChI=1S/C22H32N4OS/c1-5-23-22(26(4)14-20-15-28-17(3)25-20)24-13-19-7-6-12-27-21(19)18-10-8-16(2)9-11-18/h8-11,15,19,21H,5-7,12-14H2,1-4H3,(H,23,24). The number of hydrogen-bond acceptors (Lipinski definition) is 4. The molecule has 0 saturated carbocycles. The van der Waals surface area contributed by atoms with Crippen molar-refractivity contribution in [1.82, 2.24) is 15.2 Å². The highest BCUT2D eigenvalue weighted by molar-refractivity contribution is 7.09. The van der Waals surface area contributed by atoms with Gasteiger partial charge in [0, 0.05) is 38.0 Å². The van der Waals surface area contributed by atoms with E-state index in [-0.39, 0.29) is 6.10 Å². The summed E-state index contributed by atoms with van der Waals surface area (Å²) in [6.07, 6.45) is 2.39. The van der Waals surface area contributed by atoms with E-state index in [1.54, 1.807) is 11.3 Å². The molecule has 1 N–H and O–H groups in total. The number of nitrogens with zero attached hydrogens (tertiary/aromatic N) is 3. The van der Waals surface area contributed by atoms with Gasteiger partial charge in [-0.15, -0.1) is 11.3 Å². The number of aliphatic imine (C=N–C) groups is 1. The number of guanidine groups is 1. The molecule has 2 aromatic rings. The molecule has 1 fully saturated rings. The van der Waals surface area contributed by atoms with Crippen LogP contribution in [0.2, 0.25) is 0 Å². The SMILES string of the molecule is CCNC(=NCC1CCCOC1c1ccc(C)cc1)N(C)Cc1csc(C)n1. The van der Waals surface area contributed by atoms with Crippen molar-refractivity contribution in [3.8, 4) is 0 Å². The number of hydrogen-bond donors (Lipinski definition) is 1. The van der Waals surface area contributed by atoms with Crippen molar-refractivity contribution in [3.05, 3.63) is 51.5 Å². The minimum atomic E-state index is 0.132. The minimum absolute atomic E-state index is 0.132. The lowest BCUT2D eigenvalue weighted by Crippen LogP contribution is -2.39. The zero-order chi connectivity index (χ0) is 19.9. The van der Waals surface area contributed by atoms with E-state index < -0.39 is 0 Å². The quantitative estimate of drug-likeness (QED) is 0.579. The molecule has 152 valence electrons. The van der Waals surface area contributed by atoms with Crippen molar-refractivity contribution >= 4 is 17.3 Å². The molecule has 1 aliphatic rings. The topological polar surface area (TPSA) is 49.8 Å². The monoisotopic (exact) mass is 400 g/mol. The highest BCUT2D eigenvalue weighted by Crippen LogP contribution is 2.34. The number of nitrogens with one attached hydrogen (secondary N) is 1. The second-order valence-corrected chi connectivity index (χ2v) is 8.58. The Morgan fingerprint density at radius 3 is 2.79 bits per heavy atom. The van der Waals surface area contributed by atoms with E-state index in [4.69, 9.17) is 9.73 Å². The molecule has 2 atom stereocenters. The van der Waals surface area contributed by atoms with E-state index in [0.717, 1.165) is 55.7 Å². The van der Waals surface area contributed by atoms with Crippen LogP contribution in [0, 0.1) is 19.8 Å². The summed E-state index contributed by atoms with van der Waals surface area (Å²) < 4.78 is 6.16. The van der Waals surface area contributed by atoms with Crippen LogP contribution in [0.4, 0.5) is 0 Å². The summed E-state index contributed by atoms with van der Waals surface area (Å²) in [6, 6.07) is 8.73. The summed E-state index contributed by atoms with van der Waals surface area (Å²) >= 11 is 1.69. The van der Waals surface area contributed by atoms with Gasteiger partial charge in [-0.25, -0.2) is 4.98 Å². The lowest BCUT2D eigenvalue weighted by molar-refractivity contribution is -0.0250. The summed E-state index contributed by atoms with van der Waals surface area (Å²) in [4.78, 5) is 11.7. The second-order valence-electron chi connectivity index (χ2n) is 7.51. The lowest BCUT2D eigenvalue weighted by atomic mass is 9.89. The Bertz CT molecular complexity index is 771. The Hall–Kier alpha value is -1.92. The number of aromatic nitrogens is 1. The van der Waals surface area contributed by atoms with Gasteiger partial charge in [-0.2, -0.15) is 0 Å². The van der Waals surface area contributed by atoms with Gasteiger partial charge in [0.2, 0.25) is 0 Å². The van der Waals surface area contributed by atoms with Crippen LogP contribution in [0.25, 0.3) is 0 Å². The van der Waals surface area contributed by atoms with E-state index in [1.165, 1.54) is 11.1 Å². The van der Waals surface area contributed by atoms with Crippen LogP contribution >= 0.6 is 11.3 Å². The predicted octanol–water partition coefficient (Wildman–Crippen LogP) is 4.33. The fraction of sp³-hybridized carbons (Fsp3) is 0.545. The highest BCUT2D eigenvalue weighted by atomic mass is 32.1. The van der Waals surface area contributed by atoms with E-state index in [0.29, 0.717) is 5.92 Å². The molecule has 0 spiro atoms. The average molecular weight is 401 g/mol. The predicted molar refractivity (Wildman–Crippen MR) is 117 cm³/mol. The van der Waals surface area contributed by atoms with Gasteiger partial charge in [-0.05, 0) is 39.2 Å². The van der Waals surface area contributed by atoms with Crippen LogP contribution in [0.5, 0.6) is 0 Å². The normalized spacial score (nSPS) is 20.2. The zero-order valence-electron chi connectivity index (χ0n) is 17.4. The van der Waals surface area contributed by atoms with Gasteiger partial charge in [0.1, 0.15) is 0 Å². The molecule has 0 radical (unpaired) electrons. The first-order valence-electron chi connectivity index (χ1n) is 10.2. The second kappa shape index (κ2) is 10.0. The molecule has 1 saturated heterocycles. The van der Waals surface area contributed by atoms with Crippen LogP contribution in [-0.4, -0.2) is 42.6 Å². The van der Waals surface area contributed by atoms with Gasteiger partial charge in [0.25, 0.3) is 0 Å². The Labute approximate surface area is 172 Å². The number of benzene rings is 1. The zero-order valence-corrected chi connectivity index (χ0v) is 18.3. The summed E-state index contributed by atoms with van der Waals surface area (Å²) in [7, 11) is 2.07. The number of thiazole rings is 1. The number of ether oxygens (including phenoxy) is 1. The number of aryl methyl sites for hydroxylation is 2. The molecule has 1 aliphatic heterocycles. The Morgan fingerprint density at radius 2 is 2.11 bits per heavy atom. The fourth-order valence-electron chi connectivity index (χ4n) is 3.63. The molecule has 1 aromatic carbocycles. The maximum absolute atomic E-state index is 6.16. The Kier molecular flexibility index (Phi) is 7.45. The van der Waals surface area contributed by atoms with Gasteiger partial charge in [0.05, 0.1) is 23.4 Å². The molecule has 1 aromatic heterocycles. The van der Waals surface area contributed by atoms with Gasteiger partial charge < -0.3 is 15.0 Å². The summed E-state index contributed by atoms with van der Waals surface area (Å²) in [5.74, 6) is 1.33. The number of rotatable bonds is 6. The van der Waals surface area contributed by atoms with Crippen LogP contribution < -0.4 is 5.32 Å². The van der Waals surface area contributed by atoms with E-state index in [1.807, 2.05) is 6.92 Å². The van der Waals surface area contributed by atoms with Gasteiger partial charge in [-0.1, -0.05) is 29.8 Å². The smallest absolute Gasteiger partial charge is 0.194 e. The molecule has 2 heterocycles. The van der Waals surface area contributed by atoms with Crippen molar-refractivity contribution in [2.75, 3.05) is 26.7 Å². The van der Waals surface area contributed by atoms with Crippen LogP contribution in [0.1, 0.15) is 47.7 Å². The molecule has 0 amide bonds. The molecular weight excluding hydrogens is 368 g/mol. The first kappa shape index (κ1) is 20.8. The van der Waals surface area contributed by atoms with Crippen molar-refractivity contribution < 1.29 is 4.74 Å². The van der Waals surface area contributed by atoms with Crippen LogP contribution in [0.15, 0.2) is 34.6 Å². The third kappa shape index (κ3) is 5.55. The van der Waals surface area contributed by atoms with E-state index in [2.05, 4.69) is 65.7 Å². The van der Waals surface area contributed by atoms with E-state index >= 15 is 0 Å². The fourth-order valence-corrected chi connectivity index (χ4v) is 4.23. The molecule has 28 heavy (non-hydrogen) atoms. The third-order valence-electron chi connectivity index (χ3n) is 5.09. The summed E-state index contributed by atoms with van der Waals surface area (Å²) in [5, 5.41) is 6.65. The van der Waals surface area contributed by atoms with Crippen molar-refractivity contribution in [1.29, 1.82) is 0 Å². The molecule has 0 bridgehead atoms. The van der Waals surface area contributed by atoms with Gasteiger partial charge in [-0.3, -0.25) is 4.99 Å². The van der Waals surface area contributed by atoms with E-state index in [9.17, 15) is 0 Å². The molecule has 5 nitrogen and oxygen atoms in total. The van der Waals surface area contributed by atoms with Crippen LogP contribution in [0.3, 0.4) is 0 Å². The molecule has 2 unspecified atom stereocenters. The Morgan fingerprint density at radius 1 is 1.32 bits per heavy atom. The van der Waals surface area contributed by atoms with Crippen molar-refractivity contribution in [2.24, 2.45) is 10.9 Å². The van der Waals surface area contributed by atoms with Gasteiger partial charge in [0.15, 0.2) is 5.96 Å². The molecular formula is C22H32N4OS. The molecule has 0 aliphatic carbocycles. The summed E-state index contributed by atoms with van der Waals surface area (Å²) in [5.41, 5.74) is 3.64. The minimum Gasteiger partial charge on any atom is -0.373 e. The van der Waals surface area contributed by atoms with Crippen molar-refractivity contribution in [2.45, 2.75) is 46.3 Å². The average Bonchev–Trinajstić information content (AvgIpc) is 3.10. The highest BCUT2D eigenvalue weighted by Gasteiger charge is 2.27. The third-order valence-corrected chi connectivity index (χ3v) is 5.91. The van der Waals surface area contributed by atoms with Crippen molar-refractivity contribution in [3.63, 3.8) is 0 Å². The molecule has 3 rings (SSSR count). The lowest BCUT2D eigenvalue weighted by Gasteiger charge is -2.32. The first-order valence-corrected chi connectivity index (χ1v) is 11.0. The Balaban J connectivity index is 1.69. The van der Waals surface area contributed by atoms with Crippen LogP contribution in [-0.2, 0) is 11.3 Å². The largest absolute Gasteiger partial charge is 0.373 e.